The Morgan fingerprint density at radius 2 is 1.93 bits per heavy atom. The Kier molecular flexibility index (Phi) is 5.64. The number of amides is 1. The Bertz CT molecular complexity index is 937. The van der Waals surface area contributed by atoms with Gasteiger partial charge in [-0.15, -0.1) is 5.10 Å². The van der Waals surface area contributed by atoms with Crippen molar-refractivity contribution < 1.29 is 9.18 Å². The number of nitrogens with one attached hydrogen (secondary N) is 1. The number of carbonyl (C=O) groups is 1. The minimum atomic E-state index is -0.317. The number of aryl methyl sites for hydroxylation is 2. The fourth-order valence-corrected chi connectivity index (χ4v) is 2.89. The van der Waals surface area contributed by atoms with Crippen molar-refractivity contribution in [2.45, 2.75) is 39.7 Å². The summed E-state index contributed by atoms with van der Waals surface area (Å²) < 4.78 is 15.3. The Morgan fingerprint density at radius 3 is 2.63 bits per heavy atom. The standard InChI is InChI=1S/C21H23FN4O/c1-14-9-12-18(13-19(14)22)26-16(3)20(24-25-26)21(27)23-15(2)10-11-17-7-5-4-6-8-17/h4-9,12-13,15H,10-11H2,1-3H3,(H,23,27)/t15-/m1/s1. The van der Waals surface area contributed by atoms with E-state index in [2.05, 4.69) is 27.8 Å². The van der Waals surface area contributed by atoms with Crippen molar-refractivity contribution >= 4 is 5.91 Å². The first-order valence-electron chi connectivity index (χ1n) is 8.99. The van der Waals surface area contributed by atoms with Crippen LogP contribution < -0.4 is 5.32 Å². The molecular weight excluding hydrogens is 343 g/mol. The lowest BCUT2D eigenvalue weighted by atomic mass is 10.1. The highest BCUT2D eigenvalue weighted by Crippen LogP contribution is 2.16. The zero-order valence-corrected chi connectivity index (χ0v) is 15.7. The number of nitrogens with zero attached hydrogens (tertiary/aromatic N) is 3. The Labute approximate surface area is 158 Å². The molecule has 1 atom stereocenters. The first-order chi connectivity index (χ1) is 13.0. The molecule has 5 nitrogen and oxygen atoms in total. The first kappa shape index (κ1) is 18.8. The third-order valence-corrected chi connectivity index (χ3v) is 4.60. The fraction of sp³-hybridized carbons (Fsp3) is 0.286. The summed E-state index contributed by atoms with van der Waals surface area (Å²) in [5.41, 5.74) is 3.16. The van der Waals surface area contributed by atoms with Gasteiger partial charge in [0.05, 0.1) is 11.4 Å². The SMILES string of the molecule is Cc1ccc(-n2nnc(C(=O)N[C@H](C)CCc3ccccc3)c2C)cc1F. The van der Waals surface area contributed by atoms with Gasteiger partial charge >= 0.3 is 0 Å². The van der Waals surface area contributed by atoms with E-state index in [0.29, 0.717) is 16.9 Å². The van der Waals surface area contributed by atoms with Crippen molar-refractivity contribution in [1.82, 2.24) is 20.3 Å². The van der Waals surface area contributed by atoms with E-state index < -0.39 is 0 Å². The van der Waals surface area contributed by atoms with Gasteiger partial charge in [0.15, 0.2) is 5.69 Å². The van der Waals surface area contributed by atoms with Gasteiger partial charge in [-0.05, 0) is 56.9 Å². The molecule has 1 heterocycles. The molecule has 0 spiro atoms. The minimum absolute atomic E-state index is 0.000856. The van der Waals surface area contributed by atoms with Crippen molar-refractivity contribution in [2.24, 2.45) is 0 Å². The van der Waals surface area contributed by atoms with Gasteiger partial charge in [0.2, 0.25) is 0 Å². The molecule has 1 N–H and O–H groups in total. The molecular formula is C21H23FN4O. The second-order valence-corrected chi connectivity index (χ2v) is 6.77. The Morgan fingerprint density at radius 1 is 1.19 bits per heavy atom. The predicted octanol–water partition coefficient (Wildman–Crippen LogP) is 3.77. The molecule has 1 aromatic heterocycles. The second kappa shape index (κ2) is 8.12. The summed E-state index contributed by atoms with van der Waals surface area (Å²) in [5, 5.41) is 11.0. The summed E-state index contributed by atoms with van der Waals surface area (Å²) in [7, 11) is 0. The van der Waals surface area contributed by atoms with E-state index in [4.69, 9.17) is 0 Å². The monoisotopic (exact) mass is 366 g/mol. The van der Waals surface area contributed by atoms with E-state index in [9.17, 15) is 9.18 Å². The molecule has 0 radical (unpaired) electrons. The highest BCUT2D eigenvalue weighted by molar-refractivity contribution is 5.93. The summed E-state index contributed by atoms with van der Waals surface area (Å²) >= 11 is 0. The number of carbonyl (C=O) groups excluding carboxylic acids is 1. The van der Waals surface area contributed by atoms with E-state index in [1.165, 1.54) is 16.3 Å². The van der Waals surface area contributed by atoms with Crippen LogP contribution in [0.5, 0.6) is 0 Å². The van der Waals surface area contributed by atoms with Gasteiger partial charge in [-0.1, -0.05) is 41.6 Å². The molecule has 140 valence electrons. The molecule has 0 saturated heterocycles. The molecule has 0 unspecified atom stereocenters. The van der Waals surface area contributed by atoms with E-state index in [1.807, 2.05) is 25.1 Å². The van der Waals surface area contributed by atoms with Crippen LogP contribution in [0, 0.1) is 19.7 Å². The summed E-state index contributed by atoms with van der Waals surface area (Å²) in [6.45, 7) is 5.42. The van der Waals surface area contributed by atoms with E-state index in [-0.39, 0.29) is 23.5 Å². The third-order valence-electron chi connectivity index (χ3n) is 4.60. The lowest BCUT2D eigenvalue weighted by Gasteiger charge is -2.13. The fourth-order valence-electron chi connectivity index (χ4n) is 2.89. The average molecular weight is 366 g/mol. The van der Waals surface area contributed by atoms with Crippen molar-refractivity contribution in [3.63, 3.8) is 0 Å². The number of benzene rings is 2. The van der Waals surface area contributed by atoms with Crippen LogP contribution in [0.4, 0.5) is 4.39 Å². The molecule has 0 aliphatic heterocycles. The third kappa shape index (κ3) is 4.39. The molecule has 2 aromatic carbocycles. The van der Waals surface area contributed by atoms with Crippen LogP contribution in [0.2, 0.25) is 0 Å². The largest absolute Gasteiger partial charge is 0.348 e. The smallest absolute Gasteiger partial charge is 0.273 e. The van der Waals surface area contributed by atoms with Crippen molar-refractivity contribution in [3.8, 4) is 5.69 Å². The van der Waals surface area contributed by atoms with Gasteiger partial charge < -0.3 is 5.32 Å². The van der Waals surface area contributed by atoms with Gasteiger partial charge in [-0.2, -0.15) is 0 Å². The Balaban J connectivity index is 1.66. The lowest BCUT2D eigenvalue weighted by molar-refractivity contribution is 0.0932. The van der Waals surface area contributed by atoms with E-state index in [0.717, 1.165) is 12.8 Å². The Hall–Kier alpha value is -3.02. The van der Waals surface area contributed by atoms with Crippen molar-refractivity contribution in [1.29, 1.82) is 0 Å². The quantitative estimate of drug-likeness (QED) is 0.722. The highest BCUT2D eigenvalue weighted by atomic mass is 19.1. The maximum Gasteiger partial charge on any atom is 0.273 e. The maximum absolute atomic E-state index is 13.8. The number of halogens is 1. The zero-order chi connectivity index (χ0) is 19.4. The van der Waals surface area contributed by atoms with E-state index >= 15 is 0 Å². The molecule has 3 rings (SSSR count). The normalized spacial score (nSPS) is 12.0. The van der Waals surface area contributed by atoms with Gasteiger partial charge in [0.25, 0.3) is 5.91 Å². The van der Waals surface area contributed by atoms with Crippen LogP contribution >= 0.6 is 0 Å². The topological polar surface area (TPSA) is 59.8 Å². The van der Waals surface area contributed by atoms with Gasteiger partial charge in [-0.3, -0.25) is 4.79 Å². The summed E-state index contributed by atoms with van der Waals surface area (Å²) in [4.78, 5) is 12.6. The number of aromatic nitrogens is 3. The summed E-state index contributed by atoms with van der Waals surface area (Å²) in [5.74, 6) is -0.588. The van der Waals surface area contributed by atoms with E-state index in [1.54, 1.807) is 26.0 Å². The van der Waals surface area contributed by atoms with Gasteiger partial charge in [-0.25, -0.2) is 9.07 Å². The number of hydrogen-bond acceptors (Lipinski definition) is 3. The molecule has 0 fully saturated rings. The zero-order valence-electron chi connectivity index (χ0n) is 15.7. The summed E-state index contributed by atoms with van der Waals surface area (Å²) in [6.07, 6.45) is 1.71. The van der Waals surface area contributed by atoms with Crippen LogP contribution in [-0.2, 0) is 6.42 Å². The molecule has 27 heavy (non-hydrogen) atoms. The molecule has 0 aliphatic rings. The van der Waals surface area contributed by atoms with Crippen LogP contribution in [-0.4, -0.2) is 26.9 Å². The molecule has 1 amide bonds. The molecule has 0 bridgehead atoms. The van der Waals surface area contributed by atoms with Crippen molar-refractivity contribution in [3.05, 3.63) is 76.9 Å². The maximum atomic E-state index is 13.8. The lowest BCUT2D eigenvalue weighted by Crippen LogP contribution is -2.33. The van der Waals surface area contributed by atoms with Crippen LogP contribution in [0.3, 0.4) is 0 Å². The molecule has 6 heteroatoms. The average Bonchev–Trinajstić information content (AvgIpc) is 3.05. The molecule has 0 aliphatic carbocycles. The molecule has 0 saturated carbocycles. The molecule has 3 aromatic rings. The van der Waals surface area contributed by atoms with Gasteiger partial charge in [0, 0.05) is 6.04 Å². The second-order valence-electron chi connectivity index (χ2n) is 6.77. The number of hydrogen-bond donors (Lipinski definition) is 1. The van der Waals surface area contributed by atoms with Gasteiger partial charge in [0.1, 0.15) is 5.82 Å². The van der Waals surface area contributed by atoms with Crippen LogP contribution in [0.1, 0.15) is 40.7 Å². The summed E-state index contributed by atoms with van der Waals surface area (Å²) in [6, 6.07) is 15.0. The van der Waals surface area contributed by atoms with Crippen LogP contribution in [0.25, 0.3) is 5.69 Å². The van der Waals surface area contributed by atoms with Crippen molar-refractivity contribution in [2.75, 3.05) is 0 Å². The first-order valence-corrected chi connectivity index (χ1v) is 8.99. The predicted molar refractivity (Wildman–Crippen MR) is 102 cm³/mol. The highest BCUT2D eigenvalue weighted by Gasteiger charge is 2.19. The number of rotatable bonds is 6. The minimum Gasteiger partial charge on any atom is -0.348 e. The van der Waals surface area contributed by atoms with Crippen LogP contribution in [0.15, 0.2) is 48.5 Å².